The lowest BCUT2D eigenvalue weighted by Crippen LogP contribution is -2.34. The Hall–Kier alpha value is -1.47. The first-order valence-electron chi connectivity index (χ1n) is 3.21. The summed E-state index contributed by atoms with van der Waals surface area (Å²) in [5, 5.41) is 8.59. The van der Waals surface area contributed by atoms with E-state index in [0.29, 0.717) is 6.33 Å². The molecular formula is C6H3F5N2O. The maximum atomic E-state index is 12.5. The van der Waals surface area contributed by atoms with E-state index in [1.807, 2.05) is 0 Å². The van der Waals surface area contributed by atoms with Crippen LogP contribution in [0.15, 0.2) is 12.4 Å². The number of halogens is 5. The predicted octanol–water partition coefficient (Wildman–Crippen LogP) is 1.84. The van der Waals surface area contributed by atoms with Gasteiger partial charge < -0.3 is 5.11 Å². The van der Waals surface area contributed by atoms with Crippen molar-refractivity contribution < 1.29 is 27.1 Å². The van der Waals surface area contributed by atoms with E-state index in [9.17, 15) is 22.0 Å². The van der Waals surface area contributed by atoms with E-state index in [0.717, 1.165) is 0 Å². The van der Waals surface area contributed by atoms with Crippen LogP contribution in [-0.2, 0) is 5.92 Å². The third-order valence-electron chi connectivity index (χ3n) is 1.33. The molecule has 0 saturated carbocycles. The van der Waals surface area contributed by atoms with Gasteiger partial charge in [-0.05, 0) is 0 Å². The Labute approximate surface area is 74.2 Å². The Kier molecular flexibility index (Phi) is 2.30. The molecule has 8 heteroatoms. The van der Waals surface area contributed by atoms with Gasteiger partial charge in [-0.25, -0.2) is 9.97 Å². The van der Waals surface area contributed by atoms with E-state index in [1.54, 1.807) is 0 Å². The second-order valence-corrected chi connectivity index (χ2v) is 2.33. The van der Waals surface area contributed by atoms with Gasteiger partial charge in [-0.1, -0.05) is 0 Å². The molecule has 1 heterocycles. The second kappa shape index (κ2) is 3.03. The van der Waals surface area contributed by atoms with E-state index in [-0.39, 0.29) is 6.07 Å². The molecule has 0 atom stereocenters. The summed E-state index contributed by atoms with van der Waals surface area (Å²) in [4.78, 5) is 5.72. The van der Waals surface area contributed by atoms with Crippen molar-refractivity contribution in [1.82, 2.24) is 9.97 Å². The highest BCUT2D eigenvalue weighted by Gasteiger charge is 2.60. The van der Waals surface area contributed by atoms with E-state index in [1.165, 1.54) is 0 Å². The van der Waals surface area contributed by atoms with Crippen LogP contribution in [0.5, 0.6) is 5.88 Å². The minimum absolute atomic E-state index is 0.160. The molecule has 0 bridgehead atoms. The summed E-state index contributed by atoms with van der Waals surface area (Å²) in [5.41, 5.74) is -1.59. The van der Waals surface area contributed by atoms with E-state index < -0.39 is 23.7 Å². The van der Waals surface area contributed by atoms with Crippen molar-refractivity contribution >= 4 is 0 Å². The molecule has 0 unspecified atom stereocenters. The molecule has 0 fully saturated rings. The number of alkyl halides is 5. The van der Waals surface area contributed by atoms with Crippen molar-refractivity contribution in [3.63, 3.8) is 0 Å². The first-order chi connectivity index (χ1) is 6.25. The Balaban J connectivity index is 3.16. The number of nitrogens with zero attached hydrogens (tertiary/aromatic N) is 2. The van der Waals surface area contributed by atoms with Crippen LogP contribution in [0.3, 0.4) is 0 Å². The second-order valence-electron chi connectivity index (χ2n) is 2.33. The van der Waals surface area contributed by atoms with Crippen LogP contribution in [0, 0.1) is 0 Å². The Morgan fingerprint density at radius 2 is 1.64 bits per heavy atom. The smallest absolute Gasteiger partial charge is 0.459 e. The van der Waals surface area contributed by atoms with Crippen LogP contribution >= 0.6 is 0 Å². The molecule has 0 radical (unpaired) electrons. The molecule has 14 heavy (non-hydrogen) atoms. The minimum Gasteiger partial charge on any atom is -0.493 e. The molecular weight excluding hydrogens is 211 g/mol. The third kappa shape index (κ3) is 1.73. The average molecular weight is 214 g/mol. The zero-order valence-corrected chi connectivity index (χ0v) is 6.39. The van der Waals surface area contributed by atoms with Crippen molar-refractivity contribution in [2.45, 2.75) is 12.1 Å². The number of aromatic nitrogens is 2. The number of rotatable bonds is 1. The fourth-order valence-corrected chi connectivity index (χ4v) is 0.664. The summed E-state index contributed by atoms with van der Waals surface area (Å²) in [7, 11) is 0. The van der Waals surface area contributed by atoms with Crippen molar-refractivity contribution in [3.05, 3.63) is 18.1 Å². The molecule has 1 aromatic rings. The summed E-state index contributed by atoms with van der Waals surface area (Å²) < 4.78 is 60.3. The zero-order valence-electron chi connectivity index (χ0n) is 6.39. The van der Waals surface area contributed by atoms with E-state index >= 15 is 0 Å². The molecule has 0 aliphatic rings. The van der Waals surface area contributed by atoms with E-state index in [2.05, 4.69) is 9.97 Å². The first-order valence-corrected chi connectivity index (χ1v) is 3.21. The van der Waals surface area contributed by atoms with Crippen molar-refractivity contribution in [3.8, 4) is 5.88 Å². The third-order valence-corrected chi connectivity index (χ3v) is 1.33. The maximum Gasteiger partial charge on any atom is 0.459 e. The monoisotopic (exact) mass is 214 g/mol. The number of aromatic hydroxyl groups is 1. The molecule has 1 N–H and O–H groups in total. The van der Waals surface area contributed by atoms with Gasteiger partial charge in [-0.15, -0.1) is 0 Å². The zero-order chi connectivity index (χ0) is 11.0. The van der Waals surface area contributed by atoms with Gasteiger partial charge in [-0.3, -0.25) is 0 Å². The predicted molar refractivity (Wildman–Crippen MR) is 33.6 cm³/mol. The minimum atomic E-state index is -5.74. The van der Waals surface area contributed by atoms with Crippen LogP contribution in [0.25, 0.3) is 0 Å². The largest absolute Gasteiger partial charge is 0.493 e. The standard InChI is InChI=1S/C6H3F5N2O/c7-5(8,6(9,10)11)3-1-4(14)13-2-12-3/h1-2H,(H,12,13,14). The van der Waals surface area contributed by atoms with Crippen LogP contribution in [0.2, 0.25) is 0 Å². The van der Waals surface area contributed by atoms with Gasteiger partial charge in [0.25, 0.3) is 0 Å². The lowest BCUT2D eigenvalue weighted by Gasteiger charge is -2.18. The summed E-state index contributed by atoms with van der Waals surface area (Å²) in [6.45, 7) is 0. The molecule has 0 spiro atoms. The molecule has 0 aliphatic carbocycles. The SMILES string of the molecule is Oc1cc(C(F)(F)C(F)(F)F)ncn1. The number of hydrogen-bond acceptors (Lipinski definition) is 3. The molecule has 0 saturated heterocycles. The van der Waals surface area contributed by atoms with Crippen LogP contribution in [0.1, 0.15) is 5.69 Å². The molecule has 3 nitrogen and oxygen atoms in total. The van der Waals surface area contributed by atoms with Crippen LogP contribution < -0.4 is 0 Å². The van der Waals surface area contributed by atoms with E-state index in [4.69, 9.17) is 5.11 Å². The maximum absolute atomic E-state index is 12.5. The quantitative estimate of drug-likeness (QED) is 0.725. The normalized spacial score (nSPS) is 12.9. The van der Waals surface area contributed by atoms with Gasteiger partial charge >= 0.3 is 12.1 Å². The summed E-state index contributed by atoms with van der Waals surface area (Å²) in [5.74, 6) is -6.04. The molecule has 0 aromatic carbocycles. The van der Waals surface area contributed by atoms with Gasteiger partial charge in [0.15, 0.2) is 0 Å². The van der Waals surface area contributed by atoms with Gasteiger partial charge in [-0.2, -0.15) is 22.0 Å². The van der Waals surface area contributed by atoms with Gasteiger partial charge in [0, 0.05) is 6.07 Å². The Bertz CT molecular complexity index is 337. The fourth-order valence-electron chi connectivity index (χ4n) is 0.664. The van der Waals surface area contributed by atoms with Crippen LogP contribution in [0.4, 0.5) is 22.0 Å². The van der Waals surface area contributed by atoms with Gasteiger partial charge in [0.1, 0.15) is 12.0 Å². The molecule has 1 rings (SSSR count). The highest BCUT2D eigenvalue weighted by molar-refractivity contribution is 5.17. The molecule has 0 aliphatic heterocycles. The number of hydrogen-bond donors (Lipinski definition) is 1. The van der Waals surface area contributed by atoms with Crippen LogP contribution in [-0.4, -0.2) is 21.3 Å². The van der Waals surface area contributed by atoms with Crippen molar-refractivity contribution in [2.24, 2.45) is 0 Å². The molecule has 0 amide bonds. The average Bonchev–Trinajstić information content (AvgIpc) is 2.02. The first kappa shape index (κ1) is 10.6. The summed E-state index contributed by atoms with van der Waals surface area (Å²) in [6.07, 6.45) is -5.32. The summed E-state index contributed by atoms with van der Waals surface area (Å²) >= 11 is 0. The van der Waals surface area contributed by atoms with Crippen molar-refractivity contribution in [1.29, 1.82) is 0 Å². The lowest BCUT2D eigenvalue weighted by molar-refractivity contribution is -0.291. The van der Waals surface area contributed by atoms with Gasteiger partial charge in [0.2, 0.25) is 5.88 Å². The summed E-state index contributed by atoms with van der Waals surface area (Å²) in [6, 6.07) is 0.160. The molecule has 1 aromatic heterocycles. The lowest BCUT2D eigenvalue weighted by atomic mass is 10.2. The van der Waals surface area contributed by atoms with Crippen molar-refractivity contribution in [2.75, 3.05) is 0 Å². The van der Waals surface area contributed by atoms with Gasteiger partial charge in [0.05, 0.1) is 0 Å². The highest BCUT2D eigenvalue weighted by Crippen LogP contribution is 2.43. The Morgan fingerprint density at radius 3 is 2.07 bits per heavy atom. The Morgan fingerprint density at radius 1 is 1.07 bits per heavy atom. The topological polar surface area (TPSA) is 46.0 Å². The molecule has 78 valence electrons. The highest BCUT2D eigenvalue weighted by atomic mass is 19.4. The fraction of sp³-hybridized carbons (Fsp3) is 0.333.